The van der Waals surface area contributed by atoms with Gasteiger partial charge in [-0.2, -0.15) is 10.2 Å². The summed E-state index contributed by atoms with van der Waals surface area (Å²) in [6.45, 7) is 7.89. The molecule has 110 valence electrons. The van der Waals surface area contributed by atoms with E-state index in [0.29, 0.717) is 0 Å². The lowest BCUT2D eigenvalue weighted by Gasteiger charge is -2.07. The third-order valence-electron chi connectivity index (χ3n) is 3.69. The lowest BCUT2D eigenvalue weighted by molar-refractivity contribution is 0.600. The highest BCUT2D eigenvalue weighted by molar-refractivity contribution is 9.10. The minimum Gasteiger partial charge on any atom is -0.316 e. The SMILES string of the molecule is CCc1nn(C)c(Cn2nc(C)c(CNC)c2C)c1Br. The summed E-state index contributed by atoms with van der Waals surface area (Å²) < 4.78 is 5.10. The van der Waals surface area contributed by atoms with Crippen LogP contribution >= 0.6 is 15.9 Å². The largest absolute Gasteiger partial charge is 0.316 e. The molecule has 0 spiro atoms. The zero-order valence-electron chi connectivity index (χ0n) is 12.8. The van der Waals surface area contributed by atoms with Gasteiger partial charge in [-0.05, 0) is 43.2 Å². The van der Waals surface area contributed by atoms with Gasteiger partial charge in [-0.3, -0.25) is 9.36 Å². The Kier molecular flexibility index (Phi) is 4.65. The first-order valence-electron chi connectivity index (χ1n) is 6.87. The van der Waals surface area contributed by atoms with Crippen LogP contribution in [-0.4, -0.2) is 26.6 Å². The molecule has 6 heteroatoms. The number of nitrogens with one attached hydrogen (secondary N) is 1. The molecule has 0 aromatic carbocycles. The Morgan fingerprint density at radius 1 is 1.25 bits per heavy atom. The molecule has 20 heavy (non-hydrogen) atoms. The predicted octanol–water partition coefficient (Wildman–Crippen LogP) is 2.33. The van der Waals surface area contributed by atoms with Gasteiger partial charge in [-0.25, -0.2) is 0 Å². The number of aromatic nitrogens is 4. The van der Waals surface area contributed by atoms with Crippen molar-refractivity contribution in [1.29, 1.82) is 0 Å². The Morgan fingerprint density at radius 2 is 1.95 bits per heavy atom. The van der Waals surface area contributed by atoms with Gasteiger partial charge in [0.05, 0.1) is 28.1 Å². The molecule has 2 rings (SSSR count). The summed E-state index contributed by atoms with van der Waals surface area (Å²) in [5.74, 6) is 0. The molecule has 0 bridgehead atoms. The van der Waals surface area contributed by atoms with Crippen molar-refractivity contribution in [2.45, 2.75) is 40.3 Å². The number of rotatable bonds is 5. The van der Waals surface area contributed by atoms with Crippen molar-refractivity contribution in [3.63, 3.8) is 0 Å². The summed E-state index contributed by atoms with van der Waals surface area (Å²) in [6.07, 6.45) is 0.927. The maximum Gasteiger partial charge on any atom is 0.0842 e. The van der Waals surface area contributed by atoms with E-state index in [2.05, 4.69) is 56.9 Å². The van der Waals surface area contributed by atoms with Crippen LogP contribution in [0.25, 0.3) is 0 Å². The highest BCUT2D eigenvalue weighted by atomic mass is 79.9. The maximum absolute atomic E-state index is 4.66. The average Bonchev–Trinajstić information content (AvgIpc) is 2.83. The third kappa shape index (κ3) is 2.67. The Labute approximate surface area is 128 Å². The fraction of sp³-hybridized carbons (Fsp3) is 0.571. The van der Waals surface area contributed by atoms with E-state index in [-0.39, 0.29) is 0 Å². The molecular weight excluding hydrogens is 318 g/mol. The number of aryl methyl sites for hydroxylation is 3. The van der Waals surface area contributed by atoms with E-state index in [0.717, 1.165) is 41.1 Å². The van der Waals surface area contributed by atoms with Crippen LogP contribution < -0.4 is 5.32 Å². The quantitative estimate of drug-likeness (QED) is 0.909. The zero-order chi connectivity index (χ0) is 14.9. The molecule has 0 fully saturated rings. The molecular formula is C14H22BrN5. The fourth-order valence-corrected chi connectivity index (χ4v) is 3.20. The van der Waals surface area contributed by atoms with Crippen molar-refractivity contribution in [2.24, 2.45) is 7.05 Å². The molecule has 0 aliphatic rings. The van der Waals surface area contributed by atoms with Crippen molar-refractivity contribution in [3.05, 3.63) is 32.8 Å². The lowest BCUT2D eigenvalue weighted by Crippen LogP contribution is -2.10. The average molecular weight is 340 g/mol. The van der Waals surface area contributed by atoms with Crippen molar-refractivity contribution in [2.75, 3.05) is 7.05 Å². The van der Waals surface area contributed by atoms with Crippen LogP contribution in [0.2, 0.25) is 0 Å². The van der Waals surface area contributed by atoms with Gasteiger partial charge in [0.15, 0.2) is 0 Å². The van der Waals surface area contributed by atoms with Gasteiger partial charge in [-0.1, -0.05) is 6.92 Å². The summed E-state index contributed by atoms with van der Waals surface area (Å²) in [7, 11) is 3.95. The molecule has 0 amide bonds. The standard InChI is InChI=1S/C14H22BrN5/c1-6-12-14(15)13(19(5)18-12)8-20-10(3)11(7-16-4)9(2)17-20/h16H,6-8H2,1-5H3. The molecule has 0 radical (unpaired) electrons. The first-order chi connectivity index (χ1) is 9.49. The van der Waals surface area contributed by atoms with Crippen LogP contribution in [0.3, 0.4) is 0 Å². The number of nitrogens with zero attached hydrogens (tertiary/aromatic N) is 4. The minimum absolute atomic E-state index is 0.737. The second-order valence-corrected chi connectivity index (χ2v) is 5.81. The summed E-state index contributed by atoms with van der Waals surface area (Å²) in [6, 6.07) is 0. The topological polar surface area (TPSA) is 47.7 Å². The fourth-order valence-electron chi connectivity index (χ4n) is 2.45. The van der Waals surface area contributed by atoms with Gasteiger partial charge in [0.25, 0.3) is 0 Å². The highest BCUT2D eigenvalue weighted by Gasteiger charge is 2.16. The molecule has 2 aromatic rings. The first kappa shape index (κ1) is 15.3. The normalized spacial score (nSPS) is 11.3. The maximum atomic E-state index is 4.66. The van der Waals surface area contributed by atoms with E-state index < -0.39 is 0 Å². The third-order valence-corrected chi connectivity index (χ3v) is 4.60. The van der Waals surface area contributed by atoms with E-state index in [1.807, 2.05) is 18.8 Å². The van der Waals surface area contributed by atoms with Crippen molar-refractivity contribution >= 4 is 15.9 Å². The zero-order valence-corrected chi connectivity index (χ0v) is 14.4. The van der Waals surface area contributed by atoms with E-state index in [9.17, 15) is 0 Å². The first-order valence-corrected chi connectivity index (χ1v) is 7.66. The van der Waals surface area contributed by atoms with Crippen LogP contribution in [0.1, 0.15) is 35.3 Å². The van der Waals surface area contributed by atoms with Crippen LogP contribution in [0, 0.1) is 13.8 Å². The van der Waals surface area contributed by atoms with Crippen molar-refractivity contribution in [1.82, 2.24) is 24.9 Å². The molecule has 0 atom stereocenters. The predicted molar refractivity (Wildman–Crippen MR) is 83.9 cm³/mol. The van der Waals surface area contributed by atoms with Crippen LogP contribution in [0.15, 0.2) is 4.47 Å². The van der Waals surface area contributed by atoms with Gasteiger partial charge in [0.2, 0.25) is 0 Å². The van der Waals surface area contributed by atoms with Crippen LogP contribution in [0.4, 0.5) is 0 Å². The molecule has 5 nitrogen and oxygen atoms in total. The second-order valence-electron chi connectivity index (χ2n) is 5.02. The molecule has 0 unspecified atom stereocenters. The van der Waals surface area contributed by atoms with Crippen molar-refractivity contribution < 1.29 is 0 Å². The number of halogens is 1. The summed E-state index contributed by atoms with van der Waals surface area (Å²) in [5.41, 5.74) is 5.83. The summed E-state index contributed by atoms with van der Waals surface area (Å²) in [5, 5.41) is 12.4. The lowest BCUT2D eigenvalue weighted by atomic mass is 10.2. The van der Waals surface area contributed by atoms with Gasteiger partial charge < -0.3 is 5.32 Å². The van der Waals surface area contributed by atoms with Crippen LogP contribution in [0.5, 0.6) is 0 Å². The van der Waals surface area contributed by atoms with E-state index >= 15 is 0 Å². The van der Waals surface area contributed by atoms with Crippen LogP contribution in [-0.2, 0) is 26.6 Å². The second kappa shape index (κ2) is 6.10. The molecule has 0 aliphatic heterocycles. The molecule has 1 N–H and O–H groups in total. The van der Waals surface area contributed by atoms with Gasteiger partial charge in [0.1, 0.15) is 0 Å². The minimum atomic E-state index is 0.737. The van der Waals surface area contributed by atoms with Gasteiger partial charge >= 0.3 is 0 Å². The molecule has 2 heterocycles. The monoisotopic (exact) mass is 339 g/mol. The Hall–Kier alpha value is -1.14. The highest BCUT2D eigenvalue weighted by Crippen LogP contribution is 2.23. The Bertz CT molecular complexity index is 612. The van der Waals surface area contributed by atoms with Gasteiger partial charge in [-0.15, -0.1) is 0 Å². The smallest absolute Gasteiger partial charge is 0.0842 e. The Morgan fingerprint density at radius 3 is 2.50 bits per heavy atom. The van der Waals surface area contributed by atoms with Crippen molar-refractivity contribution in [3.8, 4) is 0 Å². The molecule has 0 saturated heterocycles. The molecule has 2 aromatic heterocycles. The summed E-state index contributed by atoms with van der Waals surface area (Å²) in [4.78, 5) is 0. The molecule has 0 saturated carbocycles. The Balaban J connectivity index is 2.36. The van der Waals surface area contributed by atoms with E-state index in [1.54, 1.807) is 0 Å². The van der Waals surface area contributed by atoms with E-state index in [1.165, 1.54) is 11.3 Å². The molecule has 0 aliphatic carbocycles. The van der Waals surface area contributed by atoms with Gasteiger partial charge in [0, 0.05) is 24.8 Å². The van der Waals surface area contributed by atoms with E-state index in [4.69, 9.17) is 0 Å². The summed E-state index contributed by atoms with van der Waals surface area (Å²) >= 11 is 3.66. The number of hydrogen-bond donors (Lipinski definition) is 1. The number of hydrogen-bond acceptors (Lipinski definition) is 3.